The predicted octanol–water partition coefficient (Wildman–Crippen LogP) is 4.36. The van der Waals surface area contributed by atoms with Gasteiger partial charge in [-0.2, -0.15) is 0 Å². The van der Waals surface area contributed by atoms with Crippen molar-refractivity contribution in [1.29, 1.82) is 0 Å². The first-order valence-corrected chi connectivity index (χ1v) is 8.54. The van der Waals surface area contributed by atoms with Crippen LogP contribution in [0.5, 0.6) is 0 Å². The molecule has 1 rings (SSSR count). The minimum atomic E-state index is 0.447. The molecule has 0 aliphatic rings. The van der Waals surface area contributed by atoms with Crippen molar-refractivity contribution in [3.8, 4) is 0 Å². The largest absolute Gasteiger partial charge is 0.309 e. The van der Waals surface area contributed by atoms with Crippen LogP contribution in [0.2, 0.25) is 0 Å². The van der Waals surface area contributed by atoms with Crippen LogP contribution >= 0.6 is 11.5 Å². The van der Waals surface area contributed by atoms with E-state index in [9.17, 15) is 0 Å². The smallest absolute Gasteiger partial charge is 0.0803 e. The van der Waals surface area contributed by atoms with E-state index < -0.39 is 0 Å². The molecule has 19 heavy (non-hydrogen) atoms. The molecule has 0 aliphatic carbocycles. The molecule has 1 N–H and O–H groups in total. The topological polar surface area (TPSA) is 37.8 Å². The molecule has 0 spiro atoms. The second-order valence-electron chi connectivity index (χ2n) is 5.47. The monoisotopic (exact) mass is 283 g/mol. The molecule has 2 unspecified atom stereocenters. The van der Waals surface area contributed by atoms with Gasteiger partial charge in [-0.05, 0) is 43.3 Å². The Labute approximate surface area is 122 Å². The van der Waals surface area contributed by atoms with Crippen molar-refractivity contribution in [2.45, 2.75) is 72.3 Å². The van der Waals surface area contributed by atoms with Gasteiger partial charge in [-0.1, -0.05) is 51.4 Å². The highest BCUT2D eigenvalue weighted by molar-refractivity contribution is 7.05. The SMILES string of the molecule is CCCNC(CC(C)CCC)c1snnc1CCC. The molecule has 110 valence electrons. The van der Waals surface area contributed by atoms with Crippen LogP contribution in [0.1, 0.15) is 76.4 Å². The quantitative estimate of drug-likeness (QED) is 0.693. The van der Waals surface area contributed by atoms with Crippen LogP contribution in [-0.2, 0) is 6.42 Å². The molecule has 1 aromatic heterocycles. The Hall–Kier alpha value is -0.480. The van der Waals surface area contributed by atoms with Crippen LogP contribution in [0, 0.1) is 5.92 Å². The summed E-state index contributed by atoms with van der Waals surface area (Å²) < 4.78 is 4.17. The second-order valence-corrected chi connectivity index (χ2v) is 6.26. The highest BCUT2D eigenvalue weighted by Crippen LogP contribution is 2.28. The van der Waals surface area contributed by atoms with E-state index in [1.54, 1.807) is 11.5 Å². The molecule has 0 saturated heterocycles. The van der Waals surface area contributed by atoms with Gasteiger partial charge < -0.3 is 5.32 Å². The molecule has 0 bridgehead atoms. The van der Waals surface area contributed by atoms with Gasteiger partial charge in [0.2, 0.25) is 0 Å². The molecule has 1 heterocycles. The minimum Gasteiger partial charge on any atom is -0.309 e. The summed E-state index contributed by atoms with van der Waals surface area (Å²) in [5.74, 6) is 0.760. The van der Waals surface area contributed by atoms with Crippen molar-refractivity contribution in [2.24, 2.45) is 5.92 Å². The van der Waals surface area contributed by atoms with Crippen LogP contribution in [0.3, 0.4) is 0 Å². The maximum atomic E-state index is 4.32. The molecule has 3 nitrogen and oxygen atoms in total. The van der Waals surface area contributed by atoms with E-state index in [4.69, 9.17) is 0 Å². The van der Waals surface area contributed by atoms with Crippen molar-refractivity contribution in [1.82, 2.24) is 14.9 Å². The predicted molar refractivity (Wildman–Crippen MR) is 83.6 cm³/mol. The summed E-state index contributed by atoms with van der Waals surface area (Å²) in [5.41, 5.74) is 1.21. The number of nitrogens with zero attached hydrogens (tertiary/aromatic N) is 2. The summed E-state index contributed by atoms with van der Waals surface area (Å²) in [6.07, 6.45) is 7.15. The Bertz CT molecular complexity index is 338. The minimum absolute atomic E-state index is 0.447. The molecule has 0 aromatic carbocycles. The van der Waals surface area contributed by atoms with E-state index in [-0.39, 0.29) is 0 Å². The van der Waals surface area contributed by atoms with Gasteiger partial charge >= 0.3 is 0 Å². The Kier molecular flexibility index (Phi) is 8.22. The third kappa shape index (κ3) is 5.57. The standard InChI is InChI=1S/C15H29N3S/c1-5-8-12(4)11-14(16-10-7-3)15-13(9-6-2)17-18-19-15/h12,14,16H,5-11H2,1-4H3. The Balaban J connectivity index is 2.73. The normalized spacial score (nSPS) is 14.5. The lowest BCUT2D eigenvalue weighted by molar-refractivity contribution is 0.392. The summed E-state index contributed by atoms with van der Waals surface area (Å²) in [6.45, 7) is 10.1. The van der Waals surface area contributed by atoms with E-state index in [1.807, 2.05) is 0 Å². The molecule has 1 aromatic rings. The number of nitrogens with one attached hydrogen (secondary N) is 1. The van der Waals surface area contributed by atoms with E-state index >= 15 is 0 Å². The van der Waals surface area contributed by atoms with Crippen molar-refractivity contribution in [3.63, 3.8) is 0 Å². The van der Waals surface area contributed by atoms with Gasteiger partial charge in [0, 0.05) is 6.04 Å². The summed E-state index contributed by atoms with van der Waals surface area (Å²) in [4.78, 5) is 1.37. The van der Waals surface area contributed by atoms with Crippen molar-refractivity contribution in [3.05, 3.63) is 10.6 Å². The van der Waals surface area contributed by atoms with Gasteiger partial charge in [0.05, 0.1) is 10.6 Å². The molecular formula is C15H29N3S. The fourth-order valence-corrected chi connectivity index (χ4v) is 3.29. The lowest BCUT2D eigenvalue weighted by Crippen LogP contribution is -2.24. The average molecular weight is 283 g/mol. The van der Waals surface area contributed by atoms with E-state index in [2.05, 4.69) is 42.6 Å². The van der Waals surface area contributed by atoms with Crippen LogP contribution < -0.4 is 5.32 Å². The third-order valence-electron chi connectivity index (χ3n) is 3.45. The summed E-state index contributed by atoms with van der Waals surface area (Å²) in [7, 11) is 0. The van der Waals surface area contributed by atoms with Crippen LogP contribution in [-0.4, -0.2) is 16.1 Å². The fourth-order valence-electron chi connectivity index (χ4n) is 2.51. The van der Waals surface area contributed by atoms with Gasteiger partial charge in [-0.25, -0.2) is 0 Å². The van der Waals surface area contributed by atoms with E-state index in [0.717, 1.165) is 25.3 Å². The van der Waals surface area contributed by atoms with Gasteiger partial charge in [-0.3, -0.25) is 0 Å². The molecule has 0 radical (unpaired) electrons. The fraction of sp³-hybridized carbons (Fsp3) is 0.867. The number of hydrogen-bond acceptors (Lipinski definition) is 4. The molecule has 2 atom stereocenters. The lowest BCUT2D eigenvalue weighted by Gasteiger charge is -2.21. The molecule has 0 aliphatic heterocycles. The molecule has 0 fully saturated rings. The zero-order valence-electron chi connectivity index (χ0n) is 12.9. The average Bonchev–Trinajstić information content (AvgIpc) is 2.83. The van der Waals surface area contributed by atoms with Gasteiger partial charge in [-0.15, -0.1) is 5.10 Å². The Morgan fingerprint density at radius 1 is 1.16 bits per heavy atom. The van der Waals surface area contributed by atoms with Gasteiger partial charge in [0.25, 0.3) is 0 Å². The summed E-state index contributed by atoms with van der Waals surface area (Å²) in [6, 6.07) is 0.447. The maximum Gasteiger partial charge on any atom is 0.0803 e. The third-order valence-corrected chi connectivity index (χ3v) is 4.33. The highest BCUT2D eigenvalue weighted by Gasteiger charge is 2.20. The molecular weight excluding hydrogens is 254 g/mol. The Morgan fingerprint density at radius 3 is 2.58 bits per heavy atom. The first kappa shape index (κ1) is 16.6. The van der Waals surface area contributed by atoms with Gasteiger partial charge in [0.1, 0.15) is 0 Å². The van der Waals surface area contributed by atoms with Gasteiger partial charge in [0.15, 0.2) is 0 Å². The molecule has 0 amide bonds. The van der Waals surface area contributed by atoms with Crippen LogP contribution in [0.4, 0.5) is 0 Å². The molecule has 4 heteroatoms. The number of aryl methyl sites for hydroxylation is 1. The Morgan fingerprint density at radius 2 is 1.95 bits per heavy atom. The number of hydrogen-bond donors (Lipinski definition) is 1. The van der Waals surface area contributed by atoms with Crippen LogP contribution in [0.15, 0.2) is 0 Å². The lowest BCUT2D eigenvalue weighted by atomic mass is 9.95. The number of rotatable bonds is 10. The first-order valence-electron chi connectivity index (χ1n) is 7.77. The van der Waals surface area contributed by atoms with Crippen molar-refractivity contribution < 1.29 is 0 Å². The summed E-state index contributed by atoms with van der Waals surface area (Å²) >= 11 is 1.58. The maximum absolute atomic E-state index is 4.32. The zero-order valence-corrected chi connectivity index (χ0v) is 13.7. The summed E-state index contributed by atoms with van der Waals surface area (Å²) in [5, 5.41) is 8.01. The van der Waals surface area contributed by atoms with Crippen LogP contribution in [0.25, 0.3) is 0 Å². The second kappa shape index (κ2) is 9.43. The first-order chi connectivity index (χ1) is 9.22. The zero-order chi connectivity index (χ0) is 14.1. The molecule has 0 saturated carbocycles. The van der Waals surface area contributed by atoms with E-state index in [0.29, 0.717) is 6.04 Å². The van der Waals surface area contributed by atoms with E-state index in [1.165, 1.54) is 36.3 Å². The van der Waals surface area contributed by atoms with Crippen molar-refractivity contribution >= 4 is 11.5 Å². The van der Waals surface area contributed by atoms with Crippen molar-refractivity contribution in [2.75, 3.05) is 6.54 Å². The number of aromatic nitrogens is 2. The highest BCUT2D eigenvalue weighted by atomic mass is 32.1.